The van der Waals surface area contributed by atoms with Crippen molar-refractivity contribution in [2.75, 3.05) is 12.0 Å². The summed E-state index contributed by atoms with van der Waals surface area (Å²) in [6, 6.07) is 3.30. The first-order chi connectivity index (χ1) is 9.12. The molecule has 1 unspecified atom stereocenters. The van der Waals surface area contributed by atoms with Crippen LogP contribution in [0.4, 0.5) is 4.39 Å². The van der Waals surface area contributed by atoms with E-state index in [1.54, 1.807) is 17.8 Å². The Balaban J connectivity index is 2.65. The smallest absolute Gasteiger partial charge is 0.144 e. The Morgan fingerprint density at radius 1 is 1.47 bits per heavy atom. The fourth-order valence-electron chi connectivity index (χ4n) is 2.21. The molecule has 0 N–H and O–H groups in total. The van der Waals surface area contributed by atoms with Crippen molar-refractivity contribution in [1.29, 1.82) is 0 Å². The van der Waals surface area contributed by atoms with E-state index in [2.05, 4.69) is 22.7 Å². The van der Waals surface area contributed by atoms with Crippen LogP contribution in [-0.4, -0.2) is 21.6 Å². The molecule has 19 heavy (non-hydrogen) atoms. The molecule has 0 aliphatic heterocycles. The molecule has 0 aliphatic rings. The predicted octanol–water partition coefficient (Wildman–Crippen LogP) is 4.88. The number of benzene rings is 1. The van der Waals surface area contributed by atoms with Crippen LogP contribution in [0, 0.1) is 5.82 Å². The van der Waals surface area contributed by atoms with Gasteiger partial charge in [0.1, 0.15) is 11.6 Å². The van der Waals surface area contributed by atoms with Gasteiger partial charge in [-0.1, -0.05) is 18.5 Å². The number of nitrogens with zero attached hydrogens (tertiary/aromatic N) is 2. The predicted molar refractivity (Wildman–Crippen MR) is 82.0 cm³/mol. The molecule has 1 atom stereocenters. The Labute approximate surface area is 126 Å². The van der Waals surface area contributed by atoms with E-state index in [1.807, 2.05) is 0 Å². The zero-order valence-corrected chi connectivity index (χ0v) is 13.1. The first kappa shape index (κ1) is 14.9. The summed E-state index contributed by atoms with van der Waals surface area (Å²) in [5.74, 6) is 1.58. The molecule has 2 aromatic rings. The molecule has 0 amide bonds. The molecule has 6 heteroatoms. The number of fused-ring (bicyclic) bond motifs is 1. The first-order valence-electron chi connectivity index (χ1n) is 6.03. The highest BCUT2D eigenvalue weighted by atomic mass is 35.5. The zero-order chi connectivity index (χ0) is 14.0. The number of aromatic nitrogens is 2. The summed E-state index contributed by atoms with van der Waals surface area (Å²) in [7, 11) is 0. The van der Waals surface area contributed by atoms with Gasteiger partial charge in [-0.05, 0) is 18.7 Å². The summed E-state index contributed by atoms with van der Waals surface area (Å²) in [6.07, 6.45) is 3.03. The normalized spacial score (nSPS) is 13.1. The third-order valence-electron chi connectivity index (χ3n) is 3.12. The molecular weight excluding hydrogens is 306 g/mol. The van der Waals surface area contributed by atoms with Gasteiger partial charge in [0.15, 0.2) is 0 Å². The second-order valence-electron chi connectivity index (χ2n) is 4.30. The van der Waals surface area contributed by atoms with Crippen LogP contribution in [0.15, 0.2) is 12.1 Å². The van der Waals surface area contributed by atoms with Crippen LogP contribution in [0.1, 0.15) is 25.2 Å². The molecule has 0 bridgehead atoms. The molecule has 2 nitrogen and oxygen atoms in total. The van der Waals surface area contributed by atoms with Crippen LogP contribution in [0.3, 0.4) is 0 Å². The van der Waals surface area contributed by atoms with Gasteiger partial charge in [0.05, 0.1) is 21.9 Å². The molecule has 1 aromatic heterocycles. The Bertz CT molecular complexity index is 586. The van der Waals surface area contributed by atoms with E-state index in [9.17, 15) is 4.39 Å². The van der Waals surface area contributed by atoms with E-state index in [0.29, 0.717) is 11.4 Å². The molecule has 0 saturated carbocycles. The Hall–Kier alpha value is -0.450. The number of alkyl halides is 1. The molecule has 1 heterocycles. The second-order valence-corrected chi connectivity index (χ2v) is 5.89. The summed E-state index contributed by atoms with van der Waals surface area (Å²) in [5.41, 5.74) is 1.46. The third kappa shape index (κ3) is 2.86. The van der Waals surface area contributed by atoms with Crippen molar-refractivity contribution in [3.8, 4) is 0 Å². The fourth-order valence-corrected chi connectivity index (χ4v) is 3.33. The van der Waals surface area contributed by atoms with Gasteiger partial charge in [0.2, 0.25) is 0 Å². The fraction of sp³-hybridized carbons (Fsp3) is 0.462. The van der Waals surface area contributed by atoms with E-state index in [-0.39, 0.29) is 11.1 Å². The molecule has 0 saturated heterocycles. The number of imidazole rings is 1. The summed E-state index contributed by atoms with van der Waals surface area (Å²) in [6.45, 7) is 2.12. The molecule has 0 spiro atoms. The van der Waals surface area contributed by atoms with Crippen LogP contribution in [0.5, 0.6) is 0 Å². The second kappa shape index (κ2) is 6.33. The van der Waals surface area contributed by atoms with E-state index in [0.717, 1.165) is 23.5 Å². The Kier molecular flexibility index (Phi) is 4.98. The lowest BCUT2D eigenvalue weighted by Gasteiger charge is -2.19. The van der Waals surface area contributed by atoms with Gasteiger partial charge in [0.25, 0.3) is 0 Å². The van der Waals surface area contributed by atoms with Crippen LogP contribution < -0.4 is 0 Å². The zero-order valence-electron chi connectivity index (χ0n) is 10.8. The lowest BCUT2D eigenvalue weighted by Crippen LogP contribution is -2.13. The highest BCUT2D eigenvalue weighted by Crippen LogP contribution is 2.29. The topological polar surface area (TPSA) is 17.8 Å². The quantitative estimate of drug-likeness (QED) is 0.730. The molecule has 0 radical (unpaired) electrons. The van der Waals surface area contributed by atoms with Crippen LogP contribution in [-0.2, 0) is 5.88 Å². The van der Waals surface area contributed by atoms with Crippen LogP contribution in [0.25, 0.3) is 11.0 Å². The maximum atomic E-state index is 13.5. The van der Waals surface area contributed by atoms with Crippen molar-refractivity contribution >= 4 is 46.0 Å². The number of halogens is 3. The van der Waals surface area contributed by atoms with Gasteiger partial charge in [-0.3, -0.25) is 0 Å². The van der Waals surface area contributed by atoms with Crippen molar-refractivity contribution in [3.05, 3.63) is 28.8 Å². The molecule has 2 rings (SSSR count). The van der Waals surface area contributed by atoms with Crippen LogP contribution in [0.2, 0.25) is 5.02 Å². The van der Waals surface area contributed by atoms with Gasteiger partial charge in [-0.15, -0.1) is 11.6 Å². The lowest BCUT2D eigenvalue weighted by molar-refractivity contribution is 0.538. The minimum atomic E-state index is -0.446. The van der Waals surface area contributed by atoms with Crippen molar-refractivity contribution in [2.45, 2.75) is 25.3 Å². The summed E-state index contributed by atoms with van der Waals surface area (Å²) < 4.78 is 15.6. The van der Waals surface area contributed by atoms with Crippen molar-refractivity contribution < 1.29 is 4.39 Å². The van der Waals surface area contributed by atoms with Gasteiger partial charge >= 0.3 is 0 Å². The third-order valence-corrected chi connectivity index (χ3v) is 4.37. The monoisotopic (exact) mass is 320 g/mol. The number of hydrogen-bond donors (Lipinski definition) is 0. The first-order valence-corrected chi connectivity index (χ1v) is 8.33. The maximum Gasteiger partial charge on any atom is 0.144 e. The largest absolute Gasteiger partial charge is 0.323 e. The van der Waals surface area contributed by atoms with Crippen molar-refractivity contribution in [1.82, 2.24) is 9.55 Å². The standard InChI is InChI=1S/C13H15Cl2FN2S/c1-3-8(7-19-2)18-12-4-9(15)10(16)5-11(12)17-13(18)6-14/h4-5,8H,3,6-7H2,1-2H3. The molecule has 1 aromatic carbocycles. The van der Waals surface area contributed by atoms with E-state index in [1.165, 1.54) is 6.07 Å². The summed E-state index contributed by atoms with van der Waals surface area (Å²) in [5, 5.41) is 0.119. The number of rotatable bonds is 5. The molecular formula is C13H15Cl2FN2S. The minimum Gasteiger partial charge on any atom is -0.323 e. The molecule has 0 aliphatic carbocycles. The van der Waals surface area contributed by atoms with E-state index >= 15 is 0 Å². The number of hydrogen-bond acceptors (Lipinski definition) is 2. The Morgan fingerprint density at radius 2 is 2.21 bits per heavy atom. The van der Waals surface area contributed by atoms with Gasteiger partial charge in [-0.25, -0.2) is 9.37 Å². The lowest BCUT2D eigenvalue weighted by atomic mass is 10.2. The highest BCUT2D eigenvalue weighted by Gasteiger charge is 2.18. The molecule has 104 valence electrons. The average Bonchev–Trinajstić information content (AvgIpc) is 2.74. The number of thioether (sulfide) groups is 1. The average molecular weight is 321 g/mol. The van der Waals surface area contributed by atoms with Crippen molar-refractivity contribution in [3.63, 3.8) is 0 Å². The molecule has 0 fully saturated rings. The van der Waals surface area contributed by atoms with E-state index in [4.69, 9.17) is 23.2 Å². The summed E-state index contributed by atoms with van der Waals surface area (Å²) >= 11 is 13.6. The van der Waals surface area contributed by atoms with Gasteiger partial charge in [-0.2, -0.15) is 11.8 Å². The highest BCUT2D eigenvalue weighted by molar-refractivity contribution is 7.98. The summed E-state index contributed by atoms with van der Waals surface area (Å²) in [4.78, 5) is 4.41. The van der Waals surface area contributed by atoms with E-state index < -0.39 is 5.82 Å². The van der Waals surface area contributed by atoms with Crippen molar-refractivity contribution in [2.24, 2.45) is 0 Å². The maximum absolute atomic E-state index is 13.5. The Morgan fingerprint density at radius 3 is 2.79 bits per heavy atom. The van der Waals surface area contributed by atoms with Gasteiger partial charge in [0, 0.05) is 17.9 Å². The SMILES string of the molecule is CCC(CSC)n1c(CCl)nc2cc(F)c(Cl)cc21. The van der Waals surface area contributed by atoms with Crippen LogP contribution >= 0.6 is 35.0 Å². The van der Waals surface area contributed by atoms with Gasteiger partial charge < -0.3 is 4.57 Å². The minimum absolute atomic E-state index is 0.119.